The highest BCUT2D eigenvalue weighted by molar-refractivity contribution is 6.32. The van der Waals surface area contributed by atoms with Crippen LogP contribution in [-0.4, -0.2) is 47.6 Å². The molecule has 4 aliphatic rings. The van der Waals surface area contributed by atoms with Gasteiger partial charge in [-0.15, -0.1) is 0 Å². The lowest BCUT2D eigenvalue weighted by Crippen LogP contribution is -2.19. The number of aliphatic hydroxyl groups is 1. The Kier molecular flexibility index (Phi) is 8.95. The fourth-order valence-corrected chi connectivity index (χ4v) is 4.76. The zero-order valence-corrected chi connectivity index (χ0v) is 18.5. The molecule has 31 heavy (non-hydrogen) atoms. The van der Waals surface area contributed by atoms with Crippen molar-refractivity contribution in [1.82, 2.24) is 0 Å². The van der Waals surface area contributed by atoms with Crippen molar-refractivity contribution in [2.45, 2.75) is 65.7 Å². The van der Waals surface area contributed by atoms with Gasteiger partial charge in [-0.05, 0) is 64.2 Å². The van der Waals surface area contributed by atoms with Crippen LogP contribution in [0, 0.1) is 23.7 Å². The van der Waals surface area contributed by atoms with Crippen molar-refractivity contribution < 1.29 is 38.6 Å². The minimum atomic E-state index is -0.770. The number of rotatable bonds is 4. The smallest absolute Gasteiger partial charge is 0.374 e. The maximum Gasteiger partial charge on any atom is 0.374 e. The number of carbonyl (C=O) groups excluding carboxylic acids is 5. The number of hydrogen-bond donors (Lipinski definition) is 1. The van der Waals surface area contributed by atoms with E-state index in [1.807, 2.05) is 0 Å². The van der Waals surface area contributed by atoms with Gasteiger partial charge in [-0.2, -0.15) is 0 Å². The Labute approximate surface area is 182 Å². The lowest BCUT2D eigenvalue weighted by molar-refractivity contribution is -0.152. The largest absolute Gasteiger partial charge is 0.502 e. The quantitative estimate of drug-likeness (QED) is 0.309. The van der Waals surface area contributed by atoms with Gasteiger partial charge >= 0.3 is 11.9 Å². The Balaban J connectivity index is 0.000000181. The zero-order valence-electron chi connectivity index (χ0n) is 18.5. The molecule has 0 aromatic heterocycles. The lowest BCUT2D eigenvalue weighted by atomic mass is 9.92. The summed E-state index contributed by atoms with van der Waals surface area (Å²) in [6.07, 6.45) is 7.24. The van der Waals surface area contributed by atoms with Crippen LogP contribution in [0.2, 0.25) is 0 Å². The summed E-state index contributed by atoms with van der Waals surface area (Å²) in [7, 11) is 0. The third kappa shape index (κ3) is 6.24. The number of aliphatic hydroxyl groups excluding tert-OH is 1. The summed E-state index contributed by atoms with van der Waals surface area (Å²) in [5.41, 5.74) is 0.310. The van der Waals surface area contributed by atoms with E-state index in [9.17, 15) is 29.1 Å². The average Bonchev–Trinajstić information content (AvgIpc) is 3.50. The predicted molar refractivity (Wildman–Crippen MR) is 110 cm³/mol. The molecule has 172 valence electrons. The first-order valence-corrected chi connectivity index (χ1v) is 11.0. The van der Waals surface area contributed by atoms with Crippen LogP contribution in [0.1, 0.15) is 65.7 Å². The molecule has 4 fully saturated rings. The molecule has 4 atom stereocenters. The fraction of sp³-hybridized carbons (Fsp3) is 0.696. The van der Waals surface area contributed by atoms with E-state index in [1.165, 1.54) is 26.2 Å². The normalized spacial score (nSPS) is 28.9. The molecule has 4 aliphatic carbocycles. The Morgan fingerprint density at radius 1 is 0.871 bits per heavy atom. The van der Waals surface area contributed by atoms with Gasteiger partial charge in [0.2, 0.25) is 11.5 Å². The minimum absolute atomic E-state index is 0.0292. The van der Waals surface area contributed by atoms with E-state index in [1.54, 1.807) is 13.8 Å². The van der Waals surface area contributed by atoms with Gasteiger partial charge in [-0.3, -0.25) is 14.4 Å². The van der Waals surface area contributed by atoms with Gasteiger partial charge in [-0.25, -0.2) is 9.59 Å². The van der Waals surface area contributed by atoms with Gasteiger partial charge in [0.05, 0.1) is 13.2 Å². The number of fused-ring (bicyclic) bond motifs is 4. The van der Waals surface area contributed by atoms with Crippen LogP contribution in [0.4, 0.5) is 0 Å². The molecule has 0 amide bonds. The van der Waals surface area contributed by atoms with Crippen molar-refractivity contribution in [2.24, 2.45) is 23.7 Å². The van der Waals surface area contributed by atoms with Crippen molar-refractivity contribution in [1.29, 1.82) is 0 Å². The first-order chi connectivity index (χ1) is 14.7. The highest BCUT2D eigenvalue weighted by Gasteiger charge is 2.45. The monoisotopic (exact) mass is 436 g/mol. The topological polar surface area (TPSA) is 124 Å². The molecular formula is C23H32O8. The van der Waals surface area contributed by atoms with Gasteiger partial charge in [-0.1, -0.05) is 0 Å². The van der Waals surface area contributed by atoms with E-state index in [0.717, 1.165) is 31.6 Å². The van der Waals surface area contributed by atoms with Crippen LogP contribution in [0.15, 0.2) is 11.3 Å². The molecule has 0 heterocycles. The summed E-state index contributed by atoms with van der Waals surface area (Å²) in [6, 6.07) is 0. The molecule has 0 saturated heterocycles. The van der Waals surface area contributed by atoms with Gasteiger partial charge in [0.15, 0.2) is 5.78 Å². The third-order valence-corrected chi connectivity index (χ3v) is 6.25. The van der Waals surface area contributed by atoms with E-state index < -0.39 is 23.5 Å². The summed E-state index contributed by atoms with van der Waals surface area (Å²) < 4.78 is 8.99. The maximum absolute atomic E-state index is 11.7. The number of Topliss-reactive ketones (excluding diaryl/α,β-unsaturated/α-hetero) is 3. The van der Waals surface area contributed by atoms with E-state index in [0.29, 0.717) is 17.3 Å². The predicted octanol–water partition coefficient (Wildman–Crippen LogP) is 2.87. The first-order valence-electron chi connectivity index (χ1n) is 11.0. The van der Waals surface area contributed by atoms with E-state index in [-0.39, 0.29) is 30.8 Å². The first kappa shape index (κ1) is 24.8. The molecule has 0 aromatic rings. The second-order valence-electron chi connectivity index (χ2n) is 8.38. The maximum atomic E-state index is 11.7. The molecular weight excluding hydrogens is 404 g/mol. The third-order valence-electron chi connectivity index (χ3n) is 6.25. The molecule has 4 unspecified atom stereocenters. The number of allylic oxidation sites excluding steroid dienone is 1. The van der Waals surface area contributed by atoms with Crippen LogP contribution in [-0.2, 0) is 33.4 Å². The standard InChI is InChI=1S/C11H14O4.C7H10O.C5H8O3/c1-2-15-11(14)10(13)8-6-3-4-7(5-6)9(8)12;8-7-4-5-1-2-6(7)3-5;1-3-8-5(7)4(2)6/h6-7,13H,2-5H2,1H3;5-6H,1-4H2;3H2,1-2H3/b10-8-;;. The fourth-order valence-electron chi connectivity index (χ4n) is 4.76. The van der Waals surface area contributed by atoms with Gasteiger partial charge in [0.25, 0.3) is 0 Å². The Hall–Kier alpha value is -2.51. The number of ether oxygens (including phenoxy) is 2. The van der Waals surface area contributed by atoms with Crippen molar-refractivity contribution >= 4 is 29.3 Å². The van der Waals surface area contributed by atoms with Crippen LogP contribution in [0.25, 0.3) is 0 Å². The lowest BCUT2D eigenvalue weighted by Gasteiger charge is -2.13. The Morgan fingerprint density at radius 3 is 1.81 bits per heavy atom. The SMILES string of the molecule is CCOC(=O)/C(O)=C1/C(=O)C2CCC1C2.CCOC(=O)C(C)=O.O=C1CC2CCC1C2. The Bertz CT molecular complexity index is 766. The summed E-state index contributed by atoms with van der Waals surface area (Å²) in [4.78, 5) is 54.0. The molecule has 0 aromatic carbocycles. The molecule has 8 heteroatoms. The number of hydrogen-bond acceptors (Lipinski definition) is 8. The van der Waals surface area contributed by atoms with Gasteiger partial charge in [0, 0.05) is 30.8 Å². The number of esters is 2. The highest BCUT2D eigenvalue weighted by Crippen LogP contribution is 2.46. The highest BCUT2D eigenvalue weighted by atomic mass is 16.5. The molecule has 8 nitrogen and oxygen atoms in total. The van der Waals surface area contributed by atoms with Crippen LogP contribution in [0.5, 0.6) is 0 Å². The van der Waals surface area contributed by atoms with Crippen LogP contribution < -0.4 is 0 Å². The molecule has 4 rings (SSSR count). The van der Waals surface area contributed by atoms with Crippen molar-refractivity contribution in [3.63, 3.8) is 0 Å². The van der Waals surface area contributed by atoms with Crippen molar-refractivity contribution in [2.75, 3.05) is 13.2 Å². The van der Waals surface area contributed by atoms with Crippen LogP contribution in [0.3, 0.4) is 0 Å². The van der Waals surface area contributed by atoms with Crippen molar-refractivity contribution in [3.8, 4) is 0 Å². The molecule has 4 saturated carbocycles. The van der Waals surface area contributed by atoms with E-state index in [2.05, 4.69) is 9.47 Å². The number of ketones is 3. The number of carbonyl (C=O) groups is 5. The molecule has 1 N–H and O–H groups in total. The molecule has 0 spiro atoms. The summed E-state index contributed by atoms with van der Waals surface area (Å²) in [5, 5.41) is 9.63. The van der Waals surface area contributed by atoms with Gasteiger partial charge < -0.3 is 14.6 Å². The zero-order chi connectivity index (χ0) is 23.1. The minimum Gasteiger partial charge on any atom is -0.502 e. The summed E-state index contributed by atoms with van der Waals surface area (Å²) >= 11 is 0. The van der Waals surface area contributed by atoms with E-state index in [4.69, 9.17) is 0 Å². The van der Waals surface area contributed by atoms with Gasteiger partial charge in [0.1, 0.15) is 5.78 Å². The summed E-state index contributed by atoms with van der Waals surface area (Å²) in [6.45, 7) is 4.97. The van der Waals surface area contributed by atoms with Crippen molar-refractivity contribution in [3.05, 3.63) is 11.3 Å². The molecule has 4 bridgehead atoms. The van der Waals surface area contributed by atoms with Crippen LogP contribution >= 0.6 is 0 Å². The second-order valence-corrected chi connectivity index (χ2v) is 8.38. The summed E-state index contributed by atoms with van der Waals surface area (Å²) in [5.74, 6) is -0.652. The molecule has 0 aliphatic heterocycles. The van der Waals surface area contributed by atoms with E-state index >= 15 is 0 Å². The average molecular weight is 437 g/mol. The molecule has 0 radical (unpaired) electrons. The Morgan fingerprint density at radius 2 is 1.45 bits per heavy atom. The second kappa shape index (κ2) is 11.2.